The fourth-order valence-corrected chi connectivity index (χ4v) is 4.92. The number of carboxylic acid groups (broad SMARTS) is 1. The van der Waals surface area contributed by atoms with E-state index in [1.165, 1.54) is 55.7 Å². The van der Waals surface area contributed by atoms with Crippen LogP contribution in [-0.4, -0.2) is 60.4 Å². The topological polar surface area (TPSA) is 83.9 Å². The van der Waals surface area contributed by atoms with Crippen molar-refractivity contribution in [1.29, 1.82) is 0 Å². The van der Waals surface area contributed by atoms with Gasteiger partial charge in [-0.05, 0) is 71.5 Å². The average Bonchev–Trinajstić information content (AvgIpc) is 3.36. The lowest BCUT2D eigenvalue weighted by Gasteiger charge is -2.19. The standard InChI is InChI=1S/C24H33N3O2.CH2O2/c1-24(2)15-18-22(16-7-8-16)25-19-14-21(20(28-3)13-17(19)23(18)26-24)29-12-6-11-27-9-4-5-10-27;2-1-3/h13-14,16,26H,4-12,15H2,1-3H3;1H,(H,2,3). The van der Waals surface area contributed by atoms with Crippen LogP contribution in [0.15, 0.2) is 12.1 Å². The second kappa shape index (κ2) is 9.53. The van der Waals surface area contributed by atoms with Gasteiger partial charge in [0.25, 0.3) is 6.47 Å². The fourth-order valence-electron chi connectivity index (χ4n) is 4.92. The van der Waals surface area contributed by atoms with Crippen molar-refractivity contribution < 1.29 is 19.4 Å². The Labute approximate surface area is 190 Å². The molecule has 0 spiro atoms. The van der Waals surface area contributed by atoms with Crippen LogP contribution in [0.25, 0.3) is 10.9 Å². The number of methoxy groups -OCH3 is 1. The van der Waals surface area contributed by atoms with Gasteiger partial charge in [0, 0.05) is 46.4 Å². The maximum Gasteiger partial charge on any atom is 0.290 e. The minimum Gasteiger partial charge on any atom is -0.493 e. The summed E-state index contributed by atoms with van der Waals surface area (Å²) in [5, 5.41) is 11.8. The molecule has 0 unspecified atom stereocenters. The van der Waals surface area contributed by atoms with Gasteiger partial charge in [0.15, 0.2) is 11.5 Å². The fraction of sp³-hybridized carbons (Fsp3) is 0.600. The van der Waals surface area contributed by atoms with Crippen molar-refractivity contribution in [2.24, 2.45) is 0 Å². The summed E-state index contributed by atoms with van der Waals surface area (Å²) in [4.78, 5) is 16.0. The van der Waals surface area contributed by atoms with Crippen molar-refractivity contribution in [2.75, 3.05) is 38.7 Å². The van der Waals surface area contributed by atoms with Crippen LogP contribution in [0.1, 0.15) is 63.1 Å². The second-order valence-corrected chi connectivity index (χ2v) is 9.69. The average molecular weight is 442 g/mol. The monoisotopic (exact) mass is 441 g/mol. The van der Waals surface area contributed by atoms with Gasteiger partial charge in [-0.3, -0.25) is 9.78 Å². The molecule has 0 bridgehead atoms. The van der Waals surface area contributed by atoms with Crippen LogP contribution in [0, 0.1) is 0 Å². The molecule has 1 saturated carbocycles. The quantitative estimate of drug-likeness (QED) is 0.486. The third-order valence-electron chi connectivity index (χ3n) is 6.52. The van der Waals surface area contributed by atoms with Gasteiger partial charge in [-0.15, -0.1) is 0 Å². The molecule has 2 fully saturated rings. The third-order valence-corrected chi connectivity index (χ3v) is 6.52. The molecule has 0 atom stereocenters. The van der Waals surface area contributed by atoms with Crippen LogP contribution in [0.5, 0.6) is 11.5 Å². The molecule has 2 N–H and O–H groups in total. The lowest BCUT2D eigenvalue weighted by molar-refractivity contribution is -0.122. The highest BCUT2D eigenvalue weighted by atomic mass is 16.5. The van der Waals surface area contributed by atoms with Crippen LogP contribution in [0.4, 0.5) is 5.69 Å². The number of hydrogen-bond donors (Lipinski definition) is 2. The Morgan fingerprint density at radius 1 is 1.25 bits per heavy atom. The van der Waals surface area contributed by atoms with E-state index >= 15 is 0 Å². The first-order valence-electron chi connectivity index (χ1n) is 11.7. The molecule has 174 valence electrons. The minimum absolute atomic E-state index is 0.0694. The molecule has 2 aromatic rings. The molecule has 7 heteroatoms. The lowest BCUT2D eigenvalue weighted by atomic mass is 9.97. The van der Waals surface area contributed by atoms with E-state index in [0.717, 1.165) is 41.8 Å². The van der Waals surface area contributed by atoms with Gasteiger partial charge in [0.05, 0.1) is 19.2 Å². The summed E-state index contributed by atoms with van der Waals surface area (Å²) < 4.78 is 11.9. The SMILES string of the molecule is COc1cc2c3c(c(C4CC4)nc2cc1OCCCN1CCCC1)CC(C)(C)N3.O=CO. The smallest absolute Gasteiger partial charge is 0.290 e. The van der Waals surface area contributed by atoms with Crippen LogP contribution in [0.2, 0.25) is 0 Å². The number of nitrogens with zero attached hydrogens (tertiary/aromatic N) is 2. The summed E-state index contributed by atoms with van der Waals surface area (Å²) in [6.07, 6.45) is 7.28. The summed E-state index contributed by atoms with van der Waals surface area (Å²) in [5.41, 5.74) is 5.05. The molecule has 0 amide bonds. The van der Waals surface area contributed by atoms with Crippen molar-refractivity contribution in [1.82, 2.24) is 9.88 Å². The summed E-state index contributed by atoms with van der Waals surface area (Å²) in [6.45, 7) is 8.59. The van der Waals surface area contributed by atoms with Crippen molar-refractivity contribution >= 4 is 23.1 Å². The first-order valence-corrected chi connectivity index (χ1v) is 11.7. The molecule has 7 nitrogen and oxygen atoms in total. The number of aromatic nitrogens is 1. The van der Waals surface area contributed by atoms with Crippen molar-refractivity contribution in [3.8, 4) is 11.5 Å². The number of hydrogen-bond acceptors (Lipinski definition) is 6. The molecule has 3 aliphatic rings. The van der Waals surface area contributed by atoms with E-state index < -0.39 is 0 Å². The number of likely N-dealkylation sites (tertiary alicyclic amines) is 1. The number of pyridine rings is 1. The normalized spacial score (nSPS) is 19.1. The van der Waals surface area contributed by atoms with Crippen LogP contribution < -0.4 is 14.8 Å². The van der Waals surface area contributed by atoms with Gasteiger partial charge in [-0.1, -0.05) is 0 Å². The third kappa shape index (κ3) is 4.93. The minimum atomic E-state index is -0.250. The zero-order valence-electron chi connectivity index (χ0n) is 19.4. The second-order valence-electron chi connectivity index (χ2n) is 9.69. The van der Waals surface area contributed by atoms with Crippen molar-refractivity contribution in [3.63, 3.8) is 0 Å². The predicted octanol–water partition coefficient (Wildman–Crippen LogP) is 4.43. The number of fused-ring (bicyclic) bond motifs is 3. The van der Waals surface area contributed by atoms with E-state index in [0.29, 0.717) is 12.5 Å². The van der Waals surface area contributed by atoms with Crippen LogP contribution >= 0.6 is 0 Å². The number of rotatable bonds is 7. The number of nitrogens with one attached hydrogen (secondary N) is 1. The number of carbonyl (C=O) groups is 1. The molecule has 1 saturated heterocycles. The van der Waals surface area contributed by atoms with Gasteiger partial charge >= 0.3 is 0 Å². The first kappa shape index (κ1) is 22.6. The largest absolute Gasteiger partial charge is 0.493 e. The molecular weight excluding hydrogens is 406 g/mol. The Morgan fingerprint density at radius 3 is 2.62 bits per heavy atom. The summed E-state index contributed by atoms with van der Waals surface area (Å²) in [6, 6.07) is 4.20. The van der Waals surface area contributed by atoms with Gasteiger partial charge < -0.3 is 24.8 Å². The Morgan fingerprint density at radius 2 is 1.97 bits per heavy atom. The Balaban J connectivity index is 0.000000775. The lowest BCUT2D eigenvalue weighted by Crippen LogP contribution is -2.27. The molecule has 1 aliphatic carbocycles. The van der Waals surface area contributed by atoms with Gasteiger partial charge in [0.1, 0.15) is 0 Å². The molecule has 1 aromatic carbocycles. The molecular formula is C25H35N3O4. The summed E-state index contributed by atoms with van der Waals surface area (Å²) in [5.74, 6) is 2.25. The summed E-state index contributed by atoms with van der Waals surface area (Å²) >= 11 is 0. The molecule has 1 aromatic heterocycles. The Bertz CT molecular complexity index is 966. The first-order chi connectivity index (χ1) is 15.5. The van der Waals surface area contributed by atoms with E-state index in [2.05, 4.69) is 36.2 Å². The van der Waals surface area contributed by atoms with Crippen LogP contribution in [0.3, 0.4) is 0 Å². The number of anilines is 1. The van der Waals surface area contributed by atoms with Gasteiger partial charge in [-0.25, -0.2) is 0 Å². The number of ether oxygens (including phenoxy) is 2. The highest BCUT2D eigenvalue weighted by Gasteiger charge is 2.37. The van der Waals surface area contributed by atoms with Crippen LogP contribution in [-0.2, 0) is 11.2 Å². The van der Waals surface area contributed by atoms with Gasteiger partial charge in [0.2, 0.25) is 0 Å². The molecule has 0 radical (unpaired) electrons. The Kier molecular flexibility index (Phi) is 6.74. The molecule has 2 aliphatic heterocycles. The van der Waals surface area contributed by atoms with Crippen molar-refractivity contribution in [2.45, 2.75) is 63.8 Å². The molecule has 5 rings (SSSR count). The molecule has 32 heavy (non-hydrogen) atoms. The van der Waals surface area contributed by atoms with Gasteiger partial charge in [-0.2, -0.15) is 0 Å². The van der Waals surface area contributed by atoms with E-state index in [1.807, 2.05) is 0 Å². The highest BCUT2D eigenvalue weighted by Crippen LogP contribution is 2.49. The zero-order valence-corrected chi connectivity index (χ0v) is 19.4. The Hall–Kier alpha value is -2.54. The van der Waals surface area contributed by atoms with E-state index in [4.69, 9.17) is 24.4 Å². The zero-order chi connectivity index (χ0) is 22.7. The predicted molar refractivity (Wildman–Crippen MR) is 126 cm³/mol. The summed E-state index contributed by atoms with van der Waals surface area (Å²) in [7, 11) is 1.72. The molecule has 3 heterocycles. The highest BCUT2D eigenvalue weighted by molar-refractivity contribution is 5.97. The van der Waals surface area contributed by atoms with E-state index in [1.54, 1.807) is 7.11 Å². The number of benzene rings is 1. The maximum atomic E-state index is 8.36. The maximum absolute atomic E-state index is 8.36. The van der Waals surface area contributed by atoms with E-state index in [-0.39, 0.29) is 12.0 Å². The van der Waals surface area contributed by atoms with Crippen molar-refractivity contribution in [3.05, 3.63) is 23.4 Å². The van der Waals surface area contributed by atoms with E-state index in [9.17, 15) is 0 Å².